The summed E-state index contributed by atoms with van der Waals surface area (Å²) in [5.41, 5.74) is 0.648. The van der Waals surface area contributed by atoms with Crippen LogP contribution in [0, 0.1) is 0 Å². The molecular weight excluding hydrogens is 349 g/mol. The van der Waals surface area contributed by atoms with Crippen molar-refractivity contribution < 1.29 is 4.74 Å². The van der Waals surface area contributed by atoms with E-state index in [0.717, 1.165) is 16.7 Å². The van der Waals surface area contributed by atoms with Gasteiger partial charge in [0, 0.05) is 24.9 Å². The zero-order valence-electron chi connectivity index (χ0n) is 13.8. The van der Waals surface area contributed by atoms with Crippen molar-refractivity contribution in [1.29, 1.82) is 0 Å². The minimum absolute atomic E-state index is 0. The molecule has 3 rings (SSSR count). The fourth-order valence-electron chi connectivity index (χ4n) is 2.37. The van der Waals surface area contributed by atoms with E-state index < -0.39 is 0 Å². The van der Waals surface area contributed by atoms with Crippen LogP contribution in [-0.2, 0) is 4.74 Å². The van der Waals surface area contributed by atoms with Crippen LogP contribution in [0.25, 0.3) is 16.9 Å². The molecule has 3 aromatic rings. The molecule has 8 heteroatoms. The quantitative estimate of drug-likeness (QED) is 0.745. The molecule has 2 aromatic heterocycles. The van der Waals surface area contributed by atoms with Gasteiger partial charge in [0.25, 0.3) is 0 Å². The van der Waals surface area contributed by atoms with E-state index in [0.29, 0.717) is 12.6 Å². The molecule has 0 radical (unpaired) electrons. The van der Waals surface area contributed by atoms with Gasteiger partial charge in [0.2, 0.25) is 5.95 Å². The van der Waals surface area contributed by atoms with E-state index in [2.05, 4.69) is 34.1 Å². The number of nitrogens with zero attached hydrogens (tertiary/aromatic N) is 4. The Morgan fingerprint density at radius 2 is 1.92 bits per heavy atom. The fraction of sp³-hybridized carbons (Fsp3) is 0.312. The summed E-state index contributed by atoms with van der Waals surface area (Å²) in [6, 6.07) is 7.94. The van der Waals surface area contributed by atoms with Crippen LogP contribution in [0.1, 0.15) is 13.8 Å². The number of hydrogen-bond donors (Lipinski definition) is 1. The summed E-state index contributed by atoms with van der Waals surface area (Å²) in [5, 5.41) is 4.44. The normalized spacial score (nSPS) is 10.8. The number of anilines is 1. The highest BCUT2D eigenvalue weighted by atomic mass is 35.5. The number of fused-ring (bicyclic) bond motifs is 1. The molecule has 0 saturated carbocycles. The molecule has 24 heavy (non-hydrogen) atoms. The van der Waals surface area contributed by atoms with Gasteiger partial charge in [-0.1, -0.05) is 12.1 Å². The maximum Gasteiger partial charge on any atom is 0.237 e. The van der Waals surface area contributed by atoms with E-state index in [-0.39, 0.29) is 30.4 Å². The lowest BCUT2D eigenvalue weighted by molar-refractivity contribution is 0.158. The van der Waals surface area contributed by atoms with Gasteiger partial charge in [-0.25, -0.2) is 9.97 Å². The van der Waals surface area contributed by atoms with Crippen LogP contribution in [0.2, 0.25) is 0 Å². The third-order valence-corrected chi connectivity index (χ3v) is 3.29. The number of ether oxygens (including phenoxy) is 1. The summed E-state index contributed by atoms with van der Waals surface area (Å²) in [5.74, 6) is 1.38. The zero-order valence-corrected chi connectivity index (χ0v) is 15.4. The number of imidazole rings is 1. The molecule has 0 aliphatic rings. The van der Waals surface area contributed by atoms with Gasteiger partial charge in [-0.15, -0.1) is 24.8 Å². The van der Waals surface area contributed by atoms with Crippen LogP contribution in [0.15, 0.2) is 43.0 Å². The number of benzene rings is 1. The van der Waals surface area contributed by atoms with E-state index >= 15 is 0 Å². The van der Waals surface area contributed by atoms with E-state index in [1.807, 2.05) is 30.5 Å². The Kier molecular flexibility index (Phi) is 6.95. The number of aromatic nitrogens is 4. The smallest absolute Gasteiger partial charge is 0.237 e. The highest BCUT2D eigenvalue weighted by Crippen LogP contribution is 2.24. The van der Waals surface area contributed by atoms with Crippen molar-refractivity contribution in [3.8, 4) is 5.95 Å². The predicted octanol–water partition coefficient (Wildman–Crippen LogP) is 3.50. The van der Waals surface area contributed by atoms with Gasteiger partial charge >= 0.3 is 0 Å². The molecule has 0 unspecified atom stereocenters. The van der Waals surface area contributed by atoms with Crippen molar-refractivity contribution in [3.63, 3.8) is 0 Å². The van der Waals surface area contributed by atoms with Crippen molar-refractivity contribution in [2.75, 3.05) is 19.0 Å². The second-order valence-corrected chi connectivity index (χ2v) is 5.80. The molecule has 0 aliphatic carbocycles. The fourth-order valence-corrected chi connectivity index (χ4v) is 2.37. The van der Waals surface area contributed by atoms with Gasteiger partial charge in [0.15, 0.2) is 0 Å². The Balaban J connectivity index is 0.00000144. The average molecular weight is 370 g/mol. The standard InChI is InChI=1S/C16H19N5O.2ClH/c1-16(2,10-22-3)20-14-12-6-4-5-7-13(12)18-15(19-14)21-9-8-17-11-21;;/h4-9,11H,10H2,1-3H3,(H,18,19,20);2*1H. The molecule has 0 amide bonds. The number of nitrogens with one attached hydrogen (secondary N) is 1. The summed E-state index contributed by atoms with van der Waals surface area (Å²) in [6.45, 7) is 4.72. The molecule has 0 saturated heterocycles. The Labute approximate surface area is 153 Å². The summed E-state index contributed by atoms with van der Waals surface area (Å²) in [7, 11) is 1.69. The molecule has 130 valence electrons. The lowest BCUT2D eigenvalue weighted by Crippen LogP contribution is -2.36. The lowest BCUT2D eigenvalue weighted by Gasteiger charge is -2.26. The number of rotatable bonds is 5. The molecule has 0 bridgehead atoms. The molecule has 1 aromatic carbocycles. The van der Waals surface area contributed by atoms with Crippen molar-refractivity contribution in [1.82, 2.24) is 19.5 Å². The van der Waals surface area contributed by atoms with E-state index in [1.165, 1.54) is 0 Å². The Bertz CT molecular complexity index is 777. The first kappa shape index (κ1) is 20.2. The molecule has 0 atom stereocenters. The molecule has 2 heterocycles. The van der Waals surface area contributed by atoms with Crippen LogP contribution in [0.3, 0.4) is 0 Å². The minimum Gasteiger partial charge on any atom is -0.382 e. The molecular formula is C16H21Cl2N5O. The second-order valence-electron chi connectivity index (χ2n) is 5.80. The van der Waals surface area contributed by atoms with Crippen LogP contribution >= 0.6 is 24.8 Å². The van der Waals surface area contributed by atoms with Crippen LogP contribution < -0.4 is 5.32 Å². The molecule has 1 N–H and O–H groups in total. The van der Waals surface area contributed by atoms with Gasteiger partial charge in [0.1, 0.15) is 12.1 Å². The number of para-hydroxylation sites is 1. The highest BCUT2D eigenvalue weighted by Gasteiger charge is 2.20. The van der Waals surface area contributed by atoms with Crippen molar-refractivity contribution in [3.05, 3.63) is 43.0 Å². The average Bonchev–Trinajstić information content (AvgIpc) is 3.01. The van der Waals surface area contributed by atoms with E-state index in [4.69, 9.17) is 4.74 Å². The largest absolute Gasteiger partial charge is 0.382 e. The summed E-state index contributed by atoms with van der Waals surface area (Å²) in [6.07, 6.45) is 5.23. The maximum absolute atomic E-state index is 5.27. The predicted molar refractivity (Wildman–Crippen MR) is 101 cm³/mol. The number of methoxy groups -OCH3 is 1. The summed E-state index contributed by atoms with van der Waals surface area (Å²) < 4.78 is 7.06. The lowest BCUT2D eigenvalue weighted by atomic mass is 10.1. The molecule has 0 aliphatic heterocycles. The van der Waals surface area contributed by atoms with Gasteiger partial charge < -0.3 is 10.1 Å². The third-order valence-electron chi connectivity index (χ3n) is 3.29. The minimum atomic E-state index is -0.238. The van der Waals surface area contributed by atoms with Crippen LogP contribution in [-0.4, -0.2) is 38.8 Å². The number of hydrogen-bond acceptors (Lipinski definition) is 5. The van der Waals surface area contributed by atoms with Crippen molar-refractivity contribution in [2.24, 2.45) is 0 Å². The first-order valence-electron chi connectivity index (χ1n) is 7.11. The second kappa shape index (κ2) is 8.28. The first-order chi connectivity index (χ1) is 10.6. The Morgan fingerprint density at radius 3 is 2.58 bits per heavy atom. The van der Waals surface area contributed by atoms with Gasteiger partial charge in [-0.3, -0.25) is 4.57 Å². The van der Waals surface area contributed by atoms with Crippen molar-refractivity contribution >= 4 is 41.5 Å². The van der Waals surface area contributed by atoms with Gasteiger partial charge in [-0.05, 0) is 26.0 Å². The maximum atomic E-state index is 5.27. The monoisotopic (exact) mass is 369 g/mol. The number of halogens is 2. The Hall–Kier alpha value is -1.89. The van der Waals surface area contributed by atoms with E-state index in [9.17, 15) is 0 Å². The summed E-state index contributed by atoms with van der Waals surface area (Å²) >= 11 is 0. The highest BCUT2D eigenvalue weighted by molar-refractivity contribution is 5.89. The summed E-state index contributed by atoms with van der Waals surface area (Å²) in [4.78, 5) is 13.3. The molecule has 6 nitrogen and oxygen atoms in total. The van der Waals surface area contributed by atoms with Gasteiger partial charge in [0.05, 0.1) is 17.7 Å². The molecule has 0 fully saturated rings. The topological polar surface area (TPSA) is 64.9 Å². The van der Waals surface area contributed by atoms with E-state index in [1.54, 1.807) is 24.2 Å². The molecule has 0 spiro atoms. The van der Waals surface area contributed by atoms with Gasteiger partial charge in [-0.2, -0.15) is 4.98 Å². The van der Waals surface area contributed by atoms with Crippen molar-refractivity contribution in [2.45, 2.75) is 19.4 Å². The first-order valence-corrected chi connectivity index (χ1v) is 7.11. The van der Waals surface area contributed by atoms with Crippen LogP contribution in [0.4, 0.5) is 5.82 Å². The zero-order chi connectivity index (χ0) is 15.6. The van der Waals surface area contributed by atoms with Crippen LogP contribution in [0.5, 0.6) is 0 Å². The third kappa shape index (κ3) is 4.35. The SMILES string of the molecule is COCC(C)(C)Nc1nc(-n2ccnc2)nc2ccccc12.Cl.Cl. The Morgan fingerprint density at radius 1 is 1.17 bits per heavy atom.